The van der Waals surface area contributed by atoms with E-state index in [-0.39, 0.29) is 16.5 Å². The van der Waals surface area contributed by atoms with Gasteiger partial charge in [0.25, 0.3) is 0 Å². The summed E-state index contributed by atoms with van der Waals surface area (Å²) in [6, 6.07) is 8.89. The molecule has 0 radical (unpaired) electrons. The monoisotopic (exact) mass is 265 g/mol. The molecule has 17 heavy (non-hydrogen) atoms. The zero-order valence-electron chi connectivity index (χ0n) is 8.35. The third-order valence-corrected chi connectivity index (χ3v) is 2.17. The molecule has 0 atom stereocenters. The van der Waals surface area contributed by atoms with E-state index in [1.54, 1.807) is 24.3 Å². The Labute approximate surface area is 107 Å². The number of halogens is 2. The minimum Gasteiger partial charge on any atom is -0.324 e. The maximum atomic E-state index is 8.76. The summed E-state index contributed by atoms with van der Waals surface area (Å²) in [5.74, 6) is 0.227. The summed E-state index contributed by atoms with van der Waals surface area (Å²) in [5, 5.41) is 11.6. The van der Waals surface area contributed by atoms with E-state index in [2.05, 4.69) is 20.3 Å². The van der Waals surface area contributed by atoms with E-state index in [0.29, 0.717) is 11.3 Å². The number of hydrogen-bond acceptors (Lipinski definition) is 5. The van der Waals surface area contributed by atoms with Crippen molar-refractivity contribution in [1.29, 1.82) is 5.26 Å². The van der Waals surface area contributed by atoms with Crippen molar-refractivity contribution in [2.45, 2.75) is 0 Å². The van der Waals surface area contributed by atoms with Crippen molar-refractivity contribution in [3.8, 4) is 6.07 Å². The van der Waals surface area contributed by atoms with Crippen LogP contribution in [-0.2, 0) is 0 Å². The van der Waals surface area contributed by atoms with Crippen LogP contribution in [0.2, 0.25) is 10.6 Å². The summed E-state index contributed by atoms with van der Waals surface area (Å²) in [6.45, 7) is 0. The first-order chi connectivity index (χ1) is 8.17. The van der Waals surface area contributed by atoms with Crippen LogP contribution in [0.4, 0.5) is 11.6 Å². The van der Waals surface area contributed by atoms with Crippen molar-refractivity contribution < 1.29 is 0 Å². The highest BCUT2D eigenvalue weighted by Crippen LogP contribution is 2.16. The Hall–Kier alpha value is -1.90. The quantitative estimate of drug-likeness (QED) is 0.904. The van der Waals surface area contributed by atoms with Gasteiger partial charge in [-0.25, -0.2) is 0 Å². The third-order valence-electron chi connectivity index (χ3n) is 1.83. The van der Waals surface area contributed by atoms with Crippen molar-refractivity contribution in [3.05, 3.63) is 40.4 Å². The Balaban J connectivity index is 2.28. The normalized spacial score (nSPS) is 9.71. The molecule has 2 rings (SSSR count). The Kier molecular flexibility index (Phi) is 3.38. The highest BCUT2D eigenvalue weighted by atomic mass is 35.5. The summed E-state index contributed by atoms with van der Waals surface area (Å²) >= 11 is 11.3. The van der Waals surface area contributed by atoms with E-state index < -0.39 is 0 Å². The lowest BCUT2D eigenvalue weighted by Crippen LogP contribution is -1.99. The van der Waals surface area contributed by atoms with Crippen LogP contribution in [0.25, 0.3) is 0 Å². The maximum absolute atomic E-state index is 8.76. The predicted octanol–water partition coefficient (Wildman–Crippen LogP) is 2.79. The summed E-state index contributed by atoms with van der Waals surface area (Å²) in [4.78, 5) is 11.3. The molecule has 1 aromatic carbocycles. The summed E-state index contributed by atoms with van der Waals surface area (Å²) in [7, 11) is 0. The van der Waals surface area contributed by atoms with Gasteiger partial charge in [0.1, 0.15) is 0 Å². The fourth-order valence-corrected chi connectivity index (χ4v) is 1.54. The second-order valence-electron chi connectivity index (χ2n) is 3.01. The van der Waals surface area contributed by atoms with Gasteiger partial charge in [-0.1, -0.05) is 6.07 Å². The second-order valence-corrected chi connectivity index (χ2v) is 3.69. The van der Waals surface area contributed by atoms with Gasteiger partial charge in [0.05, 0.1) is 11.6 Å². The van der Waals surface area contributed by atoms with Gasteiger partial charge in [-0.05, 0) is 41.4 Å². The van der Waals surface area contributed by atoms with Gasteiger partial charge in [-0.3, -0.25) is 0 Å². The molecule has 0 amide bonds. The Morgan fingerprint density at radius 1 is 1.12 bits per heavy atom. The van der Waals surface area contributed by atoms with Gasteiger partial charge in [0, 0.05) is 5.69 Å². The number of nitrogens with one attached hydrogen (secondary N) is 1. The van der Waals surface area contributed by atoms with Crippen molar-refractivity contribution in [1.82, 2.24) is 15.0 Å². The second kappa shape index (κ2) is 4.95. The molecule has 2 aromatic rings. The van der Waals surface area contributed by atoms with Crippen molar-refractivity contribution >= 4 is 34.8 Å². The molecule has 84 valence electrons. The molecule has 1 heterocycles. The number of hydrogen-bond donors (Lipinski definition) is 1. The van der Waals surface area contributed by atoms with Crippen LogP contribution < -0.4 is 5.32 Å². The van der Waals surface area contributed by atoms with Crippen LogP contribution in [0.3, 0.4) is 0 Å². The number of aromatic nitrogens is 3. The number of benzene rings is 1. The smallest absolute Gasteiger partial charge is 0.232 e. The minimum atomic E-state index is 0.00365. The lowest BCUT2D eigenvalue weighted by atomic mass is 10.2. The fraction of sp³-hybridized carbons (Fsp3) is 0. The molecule has 1 N–H and O–H groups in total. The standard InChI is InChI=1S/C10H5Cl2N5/c11-8-15-9(12)17-10(16-8)14-7-3-1-2-6(4-7)5-13/h1-4H,(H,14,15,16,17). The lowest BCUT2D eigenvalue weighted by molar-refractivity contribution is 1.05. The molecule has 7 heteroatoms. The third kappa shape index (κ3) is 3.03. The molecule has 0 fully saturated rings. The van der Waals surface area contributed by atoms with E-state index in [1.165, 1.54) is 0 Å². The van der Waals surface area contributed by atoms with E-state index in [0.717, 1.165) is 0 Å². The van der Waals surface area contributed by atoms with Crippen LogP contribution in [0.1, 0.15) is 5.56 Å². The molecule has 0 spiro atoms. The van der Waals surface area contributed by atoms with Crippen molar-refractivity contribution in [2.24, 2.45) is 0 Å². The predicted molar refractivity (Wildman–Crippen MR) is 64.3 cm³/mol. The number of nitrogens with zero attached hydrogens (tertiary/aromatic N) is 4. The SMILES string of the molecule is N#Cc1cccc(Nc2nc(Cl)nc(Cl)n2)c1. The Bertz CT molecular complexity index is 573. The van der Waals surface area contributed by atoms with Crippen molar-refractivity contribution in [3.63, 3.8) is 0 Å². The van der Waals surface area contributed by atoms with Gasteiger partial charge < -0.3 is 5.32 Å². The molecule has 0 bridgehead atoms. The molecule has 5 nitrogen and oxygen atoms in total. The molecule has 1 aromatic heterocycles. The van der Waals surface area contributed by atoms with E-state index >= 15 is 0 Å². The molecular formula is C10H5Cl2N5. The van der Waals surface area contributed by atoms with E-state index in [1.807, 2.05) is 6.07 Å². The summed E-state index contributed by atoms with van der Waals surface area (Å²) in [5.41, 5.74) is 1.20. The average molecular weight is 266 g/mol. The zero-order valence-corrected chi connectivity index (χ0v) is 9.87. The van der Waals surface area contributed by atoms with E-state index in [4.69, 9.17) is 28.5 Å². The van der Waals surface area contributed by atoms with Gasteiger partial charge in [0.2, 0.25) is 16.5 Å². The van der Waals surface area contributed by atoms with Crippen LogP contribution >= 0.6 is 23.2 Å². The van der Waals surface area contributed by atoms with Gasteiger partial charge in [0.15, 0.2) is 0 Å². The molecule has 0 saturated carbocycles. The largest absolute Gasteiger partial charge is 0.324 e. The van der Waals surface area contributed by atoms with Crippen LogP contribution in [0.15, 0.2) is 24.3 Å². The molecule has 0 unspecified atom stereocenters. The summed E-state index contributed by atoms with van der Waals surface area (Å²) < 4.78 is 0. The summed E-state index contributed by atoms with van der Waals surface area (Å²) in [6.07, 6.45) is 0. The number of nitriles is 1. The average Bonchev–Trinajstić information content (AvgIpc) is 2.28. The van der Waals surface area contributed by atoms with Crippen molar-refractivity contribution in [2.75, 3.05) is 5.32 Å². The lowest BCUT2D eigenvalue weighted by Gasteiger charge is -2.04. The highest BCUT2D eigenvalue weighted by molar-refractivity contribution is 6.31. The number of rotatable bonds is 2. The first-order valence-electron chi connectivity index (χ1n) is 4.51. The van der Waals surface area contributed by atoms with Crippen LogP contribution in [-0.4, -0.2) is 15.0 Å². The minimum absolute atomic E-state index is 0.00365. The highest BCUT2D eigenvalue weighted by Gasteiger charge is 2.03. The fourth-order valence-electron chi connectivity index (χ4n) is 1.18. The molecule has 0 aliphatic rings. The van der Waals surface area contributed by atoms with Crippen LogP contribution in [0.5, 0.6) is 0 Å². The number of anilines is 2. The van der Waals surface area contributed by atoms with Gasteiger partial charge >= 0.3 is 0 Å². The first kappa shape index (κ1) is 11.6. The Morgan fingerprint density at radius 2 is 1.82 bits per heavy atom. The topological polar surface area (TPSA) is 74.5 Å². The molecule has 0 aliphatic carbocycles. The molecular weight excluding hydrogens is 261 g/mol. The van der Waals surface area contributed by atoms with Gasteiger partial charge in [-0.15, -0.1) is 0 Å². The van der Waals surface area contributed by atoms with Crippen LogP contribution in [0, 0.1) is 11.3 Å². The molecule has 0 saturated heterocycles. The molecule has 0 aliphatic heterocycles. The van der Waals surface area contributed by atoms with Gasteiger partial charge in [-0.2, -0.15) is 20.2 Å². The van der Waals surface area contributed by atoms with E-state index in [9.17, 15) is 0 Å². The Morgan fingerprint density at radius 3 is 2.47 bits per heavy atom. The zero-order chi connectivity index (χ0) is 12.3. The first-order valence-corrected chi connectivity index (χ1v) is 5.27. The maximum Gasteiger partial charge on any atom is 0.232 e.